The van der Waals surface area contributed by atoms with Crippen LogP contribution in [0.3, 0.4) is 0 Å². The maximum absolute atomic E-state index is 14.9. The Bertz CT molecular complexity index is 1400. The molecule has 1 amide bonds. The number of piperidine rings is 1. The number of carbonyl (C=O) groups excluding carboxylic acids is 1. The van der Waals surface area contributed by atoms with Gasteiger partial charge in [-0.05, 0) is 85.8 Å². The van der Waals surface area contributed by atoms with E-state index >= 15 is 0 Å². The van der Waals surface area contributed by atoms with Crippen LogP contribution in [0.4, 0.5) is 22.0 Å². The van der Waals surface area contributed by atoms with E-state index in [1.807, 2.05) is 4.90 Å². The maximum atomic E-state index is 14.9. The quantitative estimate of drug-likeness (QED) is 0.404. The summed E-state index contributed by atoms with van der Waals surface area (Å²) in [5, 5.41) is 0. The number of halogens is 5. The van der Waals surface area contributed by atoms with Crippen molar-refractivity contribution in [2.24, 2.45) is 5.92 Å². The molecule has 0 N–H and O–H groups in total. The third kappa shape index (κ3) is 5.63. The van der Waals surface area contributed by atoms with Gasteiger partial charge in [-0.15, -0.1) is 0 Å². The van der Waals surface area contributed by atoms with Crippen LogP contribution in [0.25, 0.3) is 0 Å². The molecular weight excluding hydrogens is 563 g/mol. The minimum atomic E-state index is -5.06. The summed E-state index contributed by atoms with van der Waals surface area (Å²) in [5.74, 6) is -0.325. The second-order valence-corrected chi connectivity index (χ2v) is 14.0. The molecule has 3 atom stereocenters. The Morgan fingerprint density at radius 2 is 1.66 bits per heavy atom. The number of sulfonamides is 1. The molecule has 3 aliphatic rings. The zero-order valence-corrected chi connectivity index (χ0v) is 24.0. The first-order valence-corrected chi connectivity index (χ1v) is 15.9. The molecule has 2 heterocycles. The number of carbonyl (C=O) groups is 1. The Morgan fingerprint density at radius 3 is 2.27 bits per heavy atom. The number of likely N-dealkylation sites (tertiary alicyclic amines) is 1. The molecule has 11 heteroatoms. The summed E-state index contributed by atoms with van der Waals surface area (Å²) < 4.78 is 94.2. The Hall–Kier alpha value is -2.53. The predicted octanol–water partition coefficient (Wildman–Crippen LogP) is 5.66. The molecular formula is C30H35F5N2O3S. The minimum Gasteiger partial charge on any atom is -0.339 e. The number of fused-ring (bicyclic) bond motifs is 3. The summed E-state index contributed by atoms with van der Waals surface area (Å²) in [6.45, 7) is 1.77. The highest BCUT2D eigenvalue weighted by molar-refractivity contribution is 7.88. The van der Waals surface area contributed by atoms with Gasteiger partial charge in [0.05, 0.1) is 6.26 Å². The maximum Gasteiger partial charge on any atom is 0.426 e. The number of hydrogen-bond donors (Lipinski definition) is 0. The molecule has 0 radical (unpaired) electrons. The van der Waals surface area contributed by atoms with Crippen LogP contribution in [-0.2, 0) is 38.7 Å². The summed E-state index contributed by atoms with van der Waals surface area (Å²) >= 11 is 0. The fraction of sp³-hybridized carbons (Fsp3) is 0.567. The van der Waals surface area contributed by atoms with Crippen LogP contribution in [0.2, 0.25) is 0 Å². The zero-order valence-electron chi connectivity index (χ0n) is 23.2. The number of hydrogen-bond acceptors (Lipinski definition) is 3. The van der Waals surface area contributed by atoms with Crippen molar-refractivity contribution in [1.82, 2.24) is 9.21 Å². The fourth-order valence-corrected chi connectivity index (χ4v) is 7.97. The monoisotopic (exact) mass is 598 g/mol. The Labute approximate surface area is 237 Å². The zero-order chi connectivity index (χ0) is 29.8. The molecule has 2 aromatic carbocycles. The molecule has 2 saturated heterocycles. The topological polar surface area (TPSA) is 57.7 Å². The number of aryl methyl sites for hydroxylation is 1. The average Bonchev–Trinajstić information content (AvgIpc) is 3.28. The highest BCUT2D eigenvalue weighted by atomic mass is 32.2. The third-order valence-electron chi connectivity index (χ3n) is 9.48. The van der Waals surface area contributed by atoms with Crippen molar-refractivity contribution in [2.45, 2.75) is 75.2 Å². The van der Waals surface area contributed by atoms with Gasteiger partial charge in [0, 0.05) is 37.5 Å². The molecule has 0 saturated carbocycles. The van der Waals surface area contributed by atoms with Crippen LogP contribution in [-0.4, -0.2) is 61.6 Å². The summed E-state index contributed by atoms with van der Waals surface area (Å²) in [5.41, 5.74) is -2.22. The van der Waals surface area contributed by atoms with Gasteiger partial charge in [0.1, 0.15) is 5.82 Å². The van der Waals surface area contributed by atoms with Crippen molar-refractivity contribution in [3.8, 4) is 0 Å². The van der Waals surface area contributed by atoms with Gasteiger partial charge in [0.25, 0.3) is 0 Å². The van der Waals surface area contributed by atoms with Crippen molar-refractivity contribution >= 4 is 15.9 Å². The van der Waals surface area contributed by atoms with Crippen molar-refractivity contribution < 1.29 is 35.2 Å². The molecule has 5 nitrogen and oxygen atoms in total. The Morgan fingerprint density at radius 1 is 1.00 bits per heavy atom. The van der Waals surface area contributed by atoms with Gasteiger partial charge in [-0.25, -0.2) is 21.5 Å². The molecule has 0 aromatic heterocycles. The van der Waals surface area contributed by atoms with Gasteiger partial charge < -0.3 is 4.90 Å². The van der Waals surface area contributed by atoms with Crippen LogP contribution in [0, 0.1) is 11.7 Å². The number of rotatable bonds is 6. The second kappa shape index (κ2) is 10.6. The van der Waals surface area contributed by atoms with E-state index in [-0.39, 0.29) is 23.7 Å². The molecule has 5 rings (SSSR count). The van der Waals surface area contributed by atoms with Crippen molar-refractivity contribution in [3.63, 3.8) is 0 Å². The molecule has 41 heavy (non-hydrogen) atoms. The van der Waals surface area contributed by atoms with Gasteiger partial charge in [-0.2, -0.15) is 13.2 Å². The van der Waals surface area contributed by atoms with E-state index in [1.54, 1.807) is 18.2 Å². The van der Waals surface area contributed by atoms with Crippen LogP contribution in [0.5, 0.6) is 0 Å². The number of alkyl halides is 4. The SMILES string of the molecule is CC(F)(c1ccc2c(c1)CC[C@H]1N(C(=O)CC3CCN(S(C)(=O)=O)CC3)CC[C@@]21Cc1ccc(F)cc1)C(F)(F)F. The lowest BCUT2D eigenvalue weighted by molar-refractivity contribution is -0.228. The van der Waals surface area contributed by atoms with Gasteiger partial charge in [-0.3, -0.25) is 4.79 Å². The van der Waals surface area contributed by atoms with E-state index < -0.39 is 32.8 Å². The third-order valence-corrected chi connectivity index (χ3v) is 10.8. The van der Waals surface area contributed by atoms with Gasteiger partial charge in [0.2, 0.25) is 21.6 Å². The molecule has 2 aliphatic heterocycles. The normalized spacial score (nSPS) is 25.4. The Balaban J connectivity index is 1.43. The standard InChI is InChI=1S/C30H35F5N2O3S/c1-28(32,30(33,34)35)23-6-9-25-22(18-23)5-10-26-29(25,19-21-3-7-24(31)8-4-21)13-16-37(26)27(38)17-20-11-14-36(15-12-20)41(2,39)40/h3-4,6-9,18,20,26H,5,10-17,19H2,1-2H3/t26-,28?,29-/m1/s1. The molecule has 2 fully saturated rings. The molecule has 0 spiro atoms. The highest BCUT2D eigenvalue weighted by Crippen LogP contribution is 2.51. The van der Waals surface area contributed by atoms with Crippen molar-refractivity contribution in [1.29, 1.82) is 0 Å². The van der Waals surface area contributed by atoms with Crippen LogP contribution in [0.1, 0.15) is 61.3 Å². The number of nitrogens with zero attached hydrogens (tertiary/aromatic N) is 2. The van der Waals surface area contributed by atoms with E-state index in [1.165, 1.54) is 34.8 Å². The predicted molar refractivity (Wildman–Crippen MR) is 145 cm³/mol. The first-order valence-electron chi connectivity index (χ1n) is 14.0. The molecule has 2 aromatic rings. The first-order chi connectivity index (χ1) is 19.1. The van der Waals surface area contributed by atoms with Gasteiger partial charge in [0.15, 0.2) is 0 Å². The lowest BCUT2D eigenvalue weighted by Gasteiger charge is -2.44. The molecule has 0 bridgehead atoms. The summed E-state index contributed by atoms with van der Waals surface area (Å²) in [6, 6.07) is 10.0. The van der Waals surface area contributed by atoms with Crippen LogP contribution in [0.15, 0.2) is 42.5 Å². The van der Waals surface area contributed by atoms with E-state index in [0.717, 1.165) is 11.1 Å². The van der Waals surface area contributed by atoms with E-state index in [0.29, 0.717) is 77.1 Å². The minimum absolute atomic E-state index is 0.0118. The summed E-state index contributed by atoms with van der Waals surface area (Å²) in [4.78, 5) is 15.6. The molecule has 1 aliphatic carbocycles. The Kier molecular flexibility index (Phi) is 7.76. The van der Waals surface area contributed by atoms with Crippen molar-refractivity contribution in [3.05, 3.63) is 70.5 Å². The van der Waals surface area contributed by atoms with Gasteiger partial charge >= 0.3 is 6.18 Å². The fourth-order valence-electron chi connectivity index (χ4n) is 7.10. The van der Waals surface area contributed by atoms with E-state index in [4.69, 9.17) is 0 Å². The van der Waals surface area contributed by atoms with Crippen LogP contribution >= 0.6 is 0 Å². The highest BCUT2D eigenvalue weighted by Gasteiger charge is 2.55. The molecule has 224 valence electrons. The smallest absolute Gasteiger partial charge is 0.339 e. The second-order valence-electron chi connectivity index (χ2n) is 12.0. The number of benzene rings is 2. The lowest BCUT2D eigenvalue weighted by atomic mass is 9.63. The summed E-state index contributed by atoms with van der Waals surface area (Å²) in [6.07, 6.45) is -0.399. The van der Waals surface area contributed by atoms with Gasteiger partial charge in [-0.1, -0.05) is 30.3 Å². The first kappa shape index (κ1) is 29.9. The largest absolute Gasteiger partial charge is 0.426 e. The summed E-state index contributed by atoms with van der Waals surface area (Å²) in [7, 11) is -3.27. The average molecular weight is 599 g/mol. The molecule has 1 unspecified atom stereocenters. The lowest BCUT2D eigenvalue weighted by Crippen LogP contribution is -2.50. The van der Waals surface area contributed by atoms with Crippen molar-refractivity contribution in [2.75, 3.05) is 25.9 Å². The van der Waals surface area contributed by atoms with E-state index in [9.17, 15) is 35.2 Å². The van der Waals surface area contributed by atoms with E-state index in [2.05, 4.69) is 0 Å². The van der Waals surface area contributed by atoms with Crippen LogP contribution < -0.4 is 0 Å². The number of amides is 1.